The van der Waals surface area contributed by atoms with Gasteiger partial charge in [-0.3, -0.25) is 4.79 Å². The number of sulfone groups is 1. The summed E-state index contributed by atoms with van der Waals surface area (Å²) in [6, 6.07) is 2.28. The predicted molar refractivity (Wildman–Crippen MR) is 59.4 cm³/mol. The van der Waals surface area contributed by atoms with Crippen molar-refractivity contribution in [2.75, 3.05) is 11.5 Å². The molecule has 0 aromatic carbocycles. The van der Waals surface area contributed by atoms with Crippen LogP contribution < -0.4 is 5.56 Å². The second-order valence-corrected chi connectivity index (χ2v) is 6.35. The zero-order valence-electron chi connectivity index (χ0n) is 8.88. The van der Waals surface area contributed by atoms with Crippen LogP contribution >= 0.6 is 0 Å². The van der Waals surface area contributed by atoms with Crippen LogP contribution in [0.1, 0.15) is 18.2 Å². The van der Waals surface area contributed by atoms with Crippen LogP contribution in [-0.2, 0) is 9.84 Å². The van der Waals surface area contributed by atoms with E-state index in [0.717, 1.165) is 6.07 Å². The Kier molecular flexibility index (Phi) is 2.53. The fourth-order valence-corrected chi connectivity index (χ4v) is 3.84. The lowest BCUT2D eigenvalue weighted by Crippen LogP contribution is -2.26. The fourth-order valence-electron chi connectivity index (χ4n) is 2.14. The van der Waals surface area contributed by atoms with E-state index < -0.39 is 9.84 Å². The molecule has 0 spiro atoms. The lowest BCUT2D eigenvalue weighted by Gasteiger charge is -2.15. The molecule has 88 valence electrons. The first-order valence-electron chi connectivity index (χ1n) is 5.02. The van der Waals surface area contributed by atoms with Crippen molar-refractivity contribution in [2.45, 2.75) is 19.4 Å². The maximum absolute atomic E-state index is 11.7. The van der Waals surface area contributed by atoms with E-state index in [-0.39, 0.29) is 28.9 Å². The van der Waals surface area contributed by atoms with Crippen LogP contribution in [0.2, 0.25) is 0 Å². The Hall–Kier alpha value is -1.30. The van der Waals surface area contributed by atoms with Crippen molar-refractivity contribution in [1.29, 1.82) is 0 Å². The predicted octanol–water partition coefficient (Wildman–Crippen LogP) is 0.222. The van der Waals surface area contributed by atoms with Crippen molar-refractivity contribution in [3.05, 3.63) is 28.2 Å². The number of hydrogen-bond donors (Lipinski definition) is 1. The molecule has 1 N–H and O–H groups in total. The van der Waals surface area contributed by atoms with Gasteiger partial charge in [-0.1, -0.05) is 0 Å². The molecule has 1 aliphatic heterocycles. The number of nitrogens with zero attached hydrogens (tertiary/aromatic N) is 1. The van der Waals surface area contributed by atoms with Gasteiger partial charge >= 0.3 is 0 Å². The third-order valence-electron chi connectivity index (χ3n) is 2.82. The van der Waals surface area contributed by atoms with E-state index in [9.17, 15) is 18.3 Å². The third-order valence-corrected chi connectivity index (χ3v) is 4.57. The number of rotatable bonds is 1. The second kappa shape index (κ2) is 3.62. The Morgan fingerprint density at radius 1 is 1.44 bits per heavy atom. The molecule has 2 heterocycles. The summed E-state index contributed by atoms with van der Waals surface area (Å²) in [6.07, 6.45) is 0.466. The number of aromatic nitrogens is 1. The average Bonchev–Trinajstić information content (AvgIpc) is 2.44. The van der Waals surface area contributed by atoms with Gasteiger partial charge in [0.05, 0.1) is 17.5 Å². The van der Waals surface area contributed by atoms with Crippen molar-refractivity contribution >= 4 is 9.84 Å². The molecule has 0 saturated carbocycles. The first kappa shape index (κ1) is 11.2. The molecule has 0 bridgehead atoms. The molecule has 1 fully saturated rings. The molecule has 1 aromatic rings. The van der Waals surface area contributed by atoms with Crippen LogP contribution in [-0.4, -0.2) is 29.6 Å². The molecule has 16 heavy (non-hydrogen) atoms. The lowest BCUT2D eigenvalue weighted by molar-refractivity contribution is 0.462. The van der Waals surface area contributed by atoms with Crippen LogP contribution in [0.4, 0.5) is 0 Å². The Balaban J connectivity index is 2.47. The van der Waals surface area contributed by atoms with Gasteiger partial charge < -0.3 is 9.67 Å². The van der Waals surface area contributed by atoms with Gasteiger partial charge in [-0.2, -0.15) is 0 Å². The van der Waals surface area contributed by atoms with Crippen molar-refractivity contribution in [3.8, 4) is 5.75 Å². The van der Waals surface area contributed by atoms with Crippen LogP contribution in [0.3, 0.4) is 0 Å². The van der Waals surface area contributed by atoms with Gasteiger partial charge in [0.1, 0.15) is 5.75 Å². The van der Waals surface area contributed by atoms with Gasteiger partial charge in [0.25, 0.3) is 5.56 Å². The normalized spacial score (nSPS) is 23.4. The highest BCUT2D eigenvalue weighted by molar-refractivity contribution is 7.91. The SMILES string of the molecule is Cc1cc(O)cc(=O)n1C1CCS(=O)(=O)C1. The smallest absolute Gasteiger partial charge is 0.254 e. The zero-order valence-corrected chi connectivity index (χ0v) is 9.70. The maximum atomic E-state index is 11.7. The lowest BCUT2D eigenvalue weighted by atomic mass is 10.2. The molecular weight excluding hydrogens is 230 g/mol. The topological polar surface area (TPSA) is 76.4 Å². The molecule has 1 aromatic heterocycles. The highest BCUT2D eigenvalue weighted by Crippen LogP contribution is 2.24. The van der Waals surface area contributed by atoms with E-state index in [1.807, 2.05) is 0 Å². The van der Waals surface area contributed by atoms with Crippen LogP contribution in [0, 0.1) is 6.92 Å². The first-order chi connectivity index (χ1) is 7.39. The van der Waals surface area contributed by atoms with Crippen molar-refractivity contribution < 1.29 is 13.5 Å². The Morgan fingerprint density at radius 3 is 2.62 bits per heavy atom. The van der Waals surface area contributed by atoms with Crippen molar-refractivity contribution in [2.24, 2.45) is 0 Å². The number of hydrogen-bond acceptors (Lipinski definition) is 4. The van der Waals surface area contributed by atoms with Crippen molar-refractivity contribution in [3.63, 3.8) is 0 Å². The zero-order chi connectivity index (χ0) is 11.9. The molecule has 1 aliphatic rings. The molecule has 0 amide bonds. The van der Waals surface area contributed by atoms with Gasteiger partial charge in [0.2, 0.25) is 0 Å². The summed E-state index contributed by atoms with van der Waals surface area (Å²) in [5.41, 5.74) is 0.242. The summed E-state index contributed by atoms with van der Waals surface area (Å²) >= 11 is 0. The standard InChI is InChI=1S/C10H13NO4S/c1-7-4-9(12)5-10(13)11(7)8-2-3-16(14,15)6-8/h4-5,8,12H,2-3,6H2,1H3. The highest BCUT2D eigenvalue weighted by Gasteiger charge is 2.30. The van der Waals surface area contributed by atoms with Crippen LogP contribution in [0.25, 0.3) is 0 Å². The summed E-state index contributed by atoms with van der Waals surface area (Å²) < 4.78 is 24.1. The van der Waals surface area contributed by atoms with Crippen molar-refractivity contribution in [1.82, 2.24) is 4.57 Å². The molecule has 2 rings (SSSR count). The quantitative estimate of drug-likeness (QED) is 0.765. The average molecular weight is 243 g/mol. The van der Waals surface area contributed by atoms with Crippen LogP contribution in [0.15, 0.2) is 16.9 Å². The molecule has 0 aliphatic carbocycles. The monoisotopic (exact) mass is 243 g/mol. The molecule has 1 atom stereocenters. The third kappa shape index (κ3) is 1.97. The summed E-state index contributed by atoms with van der Waals surface area (Å²) in [5.74, 6) is 0.0581. The Morgan fingerprint density at radius 2 is 2.12 bits per heavy atom. The minimum atomic E-state index is -3.01. The summed E-state index contributed by atoms with van der Waals surface area (Å²) in [4.78, 5) is 11.7. The fraction of sp³-hybridized carbons (Fsp3) is 0.500. The van der Waals surface area contributed by atoms with Crippen LogP contribution in [0.5, 0.6) is 5.75 Å². The highest BCUT2D eigenvalue weighted by atomic mass is 32.2. The summed E-state index contributed by atoms with van der Waals surface area (Å²) in [6.45, 7) is 1.69. The minimum absolute atomic E-state index is 0.0124. The molecule has 1 saturated heterocycles. The Bertz CT molecular complexity index is 573. The van der Waals surface area contributed by atoms with Gasteiger partial charge in [0.15, 0.2) is 9.84 Å². The van der Waals surface area contributed by atoms with E-state index in [1.54, 1.807) is 6.92 Å². The van der Waals surface area contributed by atoms with E-state index in [2.05, 4.69) is 0 Å². The summed E-state index contributed by atoms with van der Waals surface area (Å²) in [7, 11) is -3.01. The van der Waals surface area contributed by atoms with E-state index in [4.69, 9.17) is 0 Å². The van der Waals surface area contributed by atoms with E-state index in [1.165, 1.54) is 10.6 Å². The molecular formula is C10H13NO4S. The van der Waals surface area contributed by atoms with Gasteiger partial charge in [-0.05, 0) is 19.4 Å². The van der Waals surface area contributed by atoms with Gasteiger partial charge in [-0.25, -0.2) is 8.42 Å². The largest absolute Gasteiger partial charge is 0.508 e. The molecule has 0 radical (unpaired) electrons. The van der Waals surface area contributed by atoms with E-state index in [0.29, 0.717) is 12.1 Å². The molecule has 1 unspecified atom stereocenters. The van der Waals surface area contributed by atoms with E-state index >= 15 is 0 Å². The molecule has 6 heteroatoms. The minimum Gasteiger partial charge on any atom is -0.508 e. The number of pyridine rings is 1. The van der Waals surface area contributed by atoms with Gasteiger partial charge in [-0.15, -0.1) is 0 Å². The number of aromatic hydroxyl groups is 1. The van der Waals surface area contributed by atoms with Gasteiger partial charge in [0, 0.05) is 11.8 Å². The number of aryl methyl sites for hydroxylation is 1. The molecule has 5 nitrogen and oxygen atoms in total. The summed E-state index contributed by atoms with van der Waals surface area (Å²) in [5, 5.41) is 9.23. The first-order valence-corrected chi connectivity index (χ1v) is 6.84. The second-order valence-electron chi connectivity index (χ2n) is 4.12. The maximum Gasteiger partial charge on any atom is 0.254 e. The Labute approximate surface area is 93.3 Å².